The summed E-state index contributed by atoms with van der Waals surface area (Å²) in [4.78, 5) is 4.03. The molecule has 0 atom stereocenters. The first kappa shape index (κ1) is 13.2. The Hall–Kier alpha value is 0.117. The van der Waals surface area contributed by atoms with Gasteiger partial charge in [-0.2, -0.15) is 0 Å². The molecule has 0 aliphatic heterocycles. The van der Waals surface area contributed by atoms with Gasteiger partial charge in [0.2, 0.25) is 0 Å². The van der Waals surface area contributed by atoms with E-state index >= 15 is 0 Å². The van der Waals surface area contributed by atoms with Crippen LogP contribution < -0.4 is 0 Å². The van der Waals surface area contributed by atoms with Crippen LogP contribution in [0.1, 0.15) is 26.5 Å². The monoisotopic (exact) mass is 339 g/mol. The summed E-state index contributed by atoms with van der Waals surface area (Å²) in [7, 11) is -1.67. The lowest BCUT2D eigenvalue weighted by Crippen LogP contribution is -2.40. The van der Waals surface area contributed by atoms with Crippen LogP contribution >= 0.6 is 22.6 Å². The van der Waals surface area contributed by atoms with E-state index in [0.29, 0.717) is 10.5 Å². The van der Waals surface area contributed by atoms with E-state index in [1.807, 2.05) is 0 Å². The van der Waals surface area contributed by atoms with E-state index < -0.39 is 8.32 Å². The molecule has 0 bridgehead atoms. The molecule has 1 rings (SSSR count). The van der Waals surface area contributed by atoms with E-state index in [2.05, 4.69) is 61.4 Å². The third-order valence-electron chi connectivity index (χ3n) is 2.91. The highest BCUT2D eigenvalue weighted by Crippen LogP contribution is 2.37. The molecule has 0 radical (unpaired) electrons. The van der Waals surface area contributed by atoms with Crippen molar-refractivity contribution in [3.63, 3.8) is 0 Å². The van der Waals surface area contributed by atoms with Gasteiger partial charge in [0.15, 0.2) is 8.32 Å². The highest BCUT2D eigenvalue weighted by molar-refractivity contribution is 14.1. The Balaban J connectivity index is 2.57. The number of hydrogen-bond donors (Lipinski definition) is 0. The summed E-state index contributed by atoms with van der Waals surface area (Å²) >= 11 is 2.06. The van der Waals surface area contributed by atoms with Crippen LogP contribution in [0.2, 0.25) is 18.1 Å². The predicted molar refractivity (Wildman–Crippen MR) is 71.2 cm³/mol. The topological polar surface area (TPSA) is 35.3 Å². The van der Waals surface area contributed by atoms with Gasteiger partial charge < -0.3 is 8.84 Å². The van der Waals surface area contributed by atoms with Crippen LogP contribution in [0.15, 0.2) is 10.6 Å². The maximum atomic E-state index is 6.00. The van der Waals surface area contributed by atoms with Crippen molar-refractivity contribution >= 4 is 30.9 Å². The van der Waals surface area contributed by atoms with Crippen LogP contribution in [0.4, 0.5) is 0 Å². The average molecular weight is 339 g/mol. The summed E-state index contributed by atoms with van der Waals surface area (Å²) in [5.41, 5.74) is 0. The molecule has 0 saturated heterocycles. The van der Waals surface area contributed by atoms with Gasteiger partial charge in [0.1, 0.15) is 5.76 Å². The quantitative estimate of drug-likeness (QED) is 0.621. The Bertz CT molecular complexity index is 330. The molecule has 0 saturated carbocycles. The molecule has 0 spiro atoms. The minimum Gasteiger partial charge on any atom is -0.435 e. The van der Waals surface area contributed by atoms with Crippen molar-refractivity contribution in [1.29, 1.82) is 0 Å². The lowest BCUT2D eigenvalue weighted by molar-refractivity contribution is 0.243. The normalized spacial score (nSPS) is 13.2. The molecule has 3 nitrogen and oxygen atoms in total. The van der Waals surface area contributed by atoms with Crippen LogP contribution in [-0.2, 0) is 11.0 Å². The molecule has 0 unspecified atom stereocenters. The van der Waals surface area contributed by atoms with Gasteiger partial charge >= 0.3 is 0 Å². The Morgan fingerprint density at radius 1 is 1.47 bits per heavy atom. The smallest absolute Gasteiger partial charge is 0.257 e. The molecule has 5 heteroatoms. The third-order valence-corrected chi connectivity index (χ3v) is 7.88. The first-order valence-electron chi connectivity index (χ1n) is 4.96. The fourth-order valence-corrected chi connectivity index (χ4v) is 2.18. The van der Waals surface area contributed by atoms with Crippen LogP contribution in [0.25, 0.3) is 0 Å². The number of hydrogen-bond acceptors (Lipinski definition) is 3. The summed E-state index contributed by atoms with van der Waals surface area (Å²) in [6, 6.07) is 0. The highest BCUT2D eigenvalue weighted by Gasteiger charge is 2.37. The fraction of sp³-hybridized carbons (Fsp3) is 0.700. The lowest BCUT2D eigenvalue weighted by Gasteiger charge is -2.35. The standard InChI is InChI=1S/C10H18INO2Si/c1-10(2,3)15(4,5)13-7-8-6-12-9(11)14-8/h6H,7H2,1-5H3. The third kappa shape index (κ3) is 3.56. The first-order valence-corrected chi connectivity index (χ1v) is 8.95. The van der Waals surface area contributed by atoms with Gasteiger partial charge in [-0.25, -0.2) is 4.98 Å². The molecular formula is C10H18INO2Si. The molecule has 15 heavy (non-hydrogen) atoms. The van der Waals surface area contributed by atoms with Gasteiger partial charge in [0.05, 0.1) is 12.8 Å². The molecule has 1 heterocycles. The van der Waals surface area contributed by atoms with E-state index in [1.54, 1.807) is 6.20 Å². The summed E-state index contributed by atoms with van der Waals surface area (Å²) in [6.07, 6.45) is 1.73. The van der Waals surface area contributed by atoms with Gasteiger partial charge in [-0.05, 0) is 18.1 Å². The van der Waals surface area contributed by atoms with Crippen molar-refractivity contribution < 1.29 is 8.84 Å². The van der Waals surface area contributed by atoms with Crippen molar-refractivity contribution in [3.8, 4) is 0 Å². The molecule has 0 fully saturated rings. The summed E-state index contributed by atoms with van der Waals surface area (Å²) in [6.45, 7) is 11.7. The zero-order valence-electron chi connectivity index (χ0n) is 9.93. The second-order valence-electron chi connectivity index (χ2n) is 5.13. The maximum absolute atomic E-state index is 6.00. The van der Waals surface area contributed by atoms with E-state index in [1.165, 1.54) is 0 Å². The van der Waals surface area contributed by atoms with Crippen molar-refractivity contribution in [3.05, 3.63) is 15.9 Å². The molecule has 0 aromatic carbocycles. The predicted octanol–water partition coefficient (Wildman–Crippen LogP) is 3.80. The van der Waals surface area contributed by atoms with Gasteiger partial charge in [0, 0.05) is 22.6 Å². The summed E-state index contributed by atoms with van der Waals surface area (Å²) in [5, 5.41) is 0.236. The second kappa shape index (κ2) is 4.55. The molecule has 0 aliphatic rings. The van der Waals surface area contributed by atoms with Gasteiger partial charge in [0.25, 0.3) is 3.90 Å². The van der Waals surface area contributed by atoms with Crippen molar-refractivity contribution in [1.82, 2.24) is 4.98 Å². The van der Waals surface area contributed by atoms with Gasteiger partial charge in [-0.1, -0.05) is 20.8 Å². The van der Waals surface area contributed by atoms with Crippen molar-refractivity contribution in [2.24, 2.45) is 0 Å². The van der Waals surface area contributed by atoms with Crippen LogP contribution in [0, 0.1) is 3.90 Å². The Morgan fingerprint density at radius 3 is 2.47 bits per heavy atom. The van der Waals surface area contributed by atoms with Gasteiger partial charge in [-0.3, -0.25) is 0 Å². The minimum atomic E-state index is -1.67. The zero-order valence-corrected chi connectivity index (χ0v) is 13.1. The fourth-order valence-electron chi connectivity index (χ4n) is 0.818. The average Bonchev–Trinajstić information content (AvgIpc) is 2.46. The molecule has 86 valence electrons. The number of nitrogens with zero attached hydrogens (tertiary/aromatic N) is 1. The van der Waals surface area contributed by atoms with E-state index in [4.69, 9.17) is 8.84 Å². The molecule has 1 aromatic heterocycles. The molecule has 0 N–H and O–H groups in total. The SMILES string of the molecule is CC(C)(C)[Si](C)(C)OCc1cnc(I)o1. The minimum absolute atomic E-state index is 0.236. The van der Waals surface area contributed by atoms with Crippen LogP contribution in [0.3, 0.4) is 0 Å². The molecular weight excluding hydrogens is 321 g/mol. The van der Waals surface area contributed by atoms with E-state index in [-0.39, 0.29) is 5.04 Å². The summed E-state index contributed by atoms with van der Waals surface area (Å²) < 4.78 is 12.0. The van der Waals surface area contributed by atoms with Crippen molar-refractivity contribution in [2.75, 3.05) is 0 Å². The first-order chi connectivity index (χ1) is 6.72. The van der Waals surface area contributed by atoms with E-state index in [9.17, 15) is 0 Å². The molecule has 0 aliphatic carbocycles. The second-order valence-corrected chi connectivity index (χ2v) is 10.9. The highest BCUT2D eigenvalue weighted by atomic mass is 127. The van der Waals surface area contributed by atoms with Crippen LogP contribution in [0.5, 0.6) is 0 Å². The Kier molecular flexibility index (Phi) is 3.99. The Labute approximate surface area is 106 Å². The number of aromatic nitrogens is 1. The number of oxazole rings is 1. The molecule has 1 aromatic rings. The molecule has 0 amide bonds. The number of halogens is 1. The zero-order chi connectivity index (χ0) is 11.7. The largest absolute Gasteiger partial charge is 0.435 e. The lowest BCUT2D eigenvalue weighted by atomic mass is 10.2. The maximum Gasteiger partial charge on any atom is 0.257 e. The van der Waals surface area contributed by atoms with Crippen LogP contribution in [-0.4, -0.2) is 13.3 Å². The van der Waals surface area contributed by atoms with Crippen molar-refractivity contribution in [2.45, 2.75) is 45.5 Å². The van der Waals surface area contributed by atoms with Gasteiger partial charge in [-0.15, -0.1) is 0 Å². The number of rotatable bonds is 3. The van der Waals surface area contributed by atoms with E-state index in [0.717, 1.165) is 5.76 Å². The Morgan fingerprint density at radius 2 is 2.07 bits per heavy atom. The summed E-state index contributed by atoms with van der Waals surface area (Å²) in [5.74, 6) is 0.809.